The number of benzene rings is 1. The number of carbonyl (C=O) groups is 1. The summed E-state index contributed by atoms with van der Waals surface area (Å²) in [5.41, 5.74) is 0.974. The summed E-state index contributed by atoms with van der Waals surface area (Å²) >= 11 is 0. The molecule has 0 aliphatic rings. The van der Waals surface area contributed by atoms with Gasteiger partial charge in [-0.05, 0) is 38.1 Å². The molecule has 1 aromatic rings. The molecular weight excluding hydrogens is 329 g/mol. The van der Waals surface area contributed by atoms with E-state index in [2.05, 4.69) is 12.0 Å². The predicted octanol–water partition coefficient (Wildman–Crippen LogP) is 4.38. The summed E-state index contributed by atoms with van der Waals surface area (Å²) in [6.07, 6.45) is 3.30. The van der Waals surface area contributed by atoms with Crippen molar-refractivity contribution in [3.05, 3.63) is 42.0 Å². The lowest BCUT2D eigenvalue weighted by Gasteiger charge is -2.18. The highest BCUT2D eigenvalue weighted by atomic mass is 31.2. The topological polar surface area (TPSA) is 73.9 Å². The first-order valence-electron chi connectivity index (χ1n) is 7.97. The maximum atomic E-state index is 12.5. The Morgan fingerprint density at radius 2 is 1.96 bits per heavy atom. The number of carbonyl (C=O) groups excluding carboxylic acids is 1. The van der Waals surface area contributed by atoms with Crippen LogP contribution in [0.2, 0.25) is 0 Å². The molecule has 0 amide bonds. The summed E-state index contributed by atoms with van der Waals surface area (Å²) < 4.78 is 28.0. The first kappa shape index (κ1) is 20.3. The molecule has 0 spiro atoms. The minimum atomic E-state index is -3.13. The molecule has 0 aliphatic heterocycles. The van der Waals surface area contributed by atoms with Gasteiger partial charge in [-0.15, -0.1) is 0 Å². The van der Waals surface area contributed by atoms with Gasteiger partial charge in [0.15, 0.2) is 0 Å². The van der Waals surface area contributed by atoms with Gasteiger partial charge in [0, 0.05) is 0 Å². The number of ether oxygens (including phenoxy) is 2. The van der Waals surface area contributed by atoms with Crippen molar-refractivity contribution in [2.75, 3.05) is 26.4 Å². The van der Waals surface area contributed by atoms with E-state index in [9.17, 15) is 9.36 Å². The van der Waals surface area contributed by atoms with E-state index in [0.29, 0.717) is 5.75 Å². The number of hydrogen-bond acceptors (Lipinski definition) is 5. The smallest absolute Gasteiger partial charge is 0.434 e. The monoisotopic (exact) mass is 355 g/mol. The van der Waals surface area contributed by atoms with Crippen LogP contribution in [0.25, 0.3) is 0 Å². The van der Waals surface area contributed by atoms with E-state index in [1.165, 1.54) is 0 Å². The van der Waals surface area contributed by atoms with Crippen LogP contribution >= 0.6 is 7.52 Å². The van der Waals surface area contributed by atoms with Crippen molar-refractivity contribution >= 4 is 13.7 Å². The number of nitrogens with one attached hydrogen (secondary N) is 1. The lowest BCUT2D eigenvalue weighted by molar-refractivity contribution is 0.0657. The lowest BCUT2D eigenvalue weighted by atomic mass is 10.2. The molecule has 6 nitrogen and oxygen atoms in total. The third-order valence-corrected chi connectivity index (χ3v) is 5.10. The molecule has 0 saturated heterocycles. The van der Waals surface area contributed by atoms with E-state index in [1.807, 2.05) is 19.1 Å². The van der Waals surface area contributed by atoms with Gasteiger partial charge in [-0.1, -0.05) is 37.6 Å². The molecule has 1 unspecified atom stereocenters. The van der Waals surface area contributed by atoms with E-state index >= 15 is 0 Å². The number of rotatable bonds is 10. The fourth-order valence-corrected chi connectivity index (χ4v) is 2.97. The van der Waals surface area contributed by atoms with E-state index in [4.69, 9.17) is 14.0 Å². The second-order valence-electron chi connectivity index (χ2n) is 5.25. The molecule has 24 heavy (non-hydrogen) atoms. The van der Waals surface area contributed by atoms with Crippen LogP contribution in [0.4, 0.5) is 4.79 Å². The van der Waals surface area contributed by atoms with Crippen molar-refractivity contribution in [3.8, 4) is 5.75 Å². The molecule has 0 saturated carbocycles. The minimum absolute atomic E-state index is 0.0537. The van der Waals surface area contributed by atoms with Crippen molar-refractivity contribution < 1.29 is 23.4 Å². The Kier molecular flexibility index (Phi) is 9.20. The molecule has 0 heterocycles. The SMILES string of the molecule is CCC/C=C(\C)COC(=O)OCCP(=O)(NC)Oc1ccccc1. The quantitative estimate of drug-likeness (QED) is 0.381. The maximum absolute atomic E-state index is 12.5. The molecule has 0 radical (unpaired) electrons. The van der Waals surface area contributed by atoms with Crippen molar-refractivity contribution in [2.45, 2.75) is 26.7 Å². The third-order valence-electron chi connectivity index (χ3n) is 3.14. The fraction of sp³-hybridized carbons (Fsp3) is 0.471. The zero-order valence-corrected chi connectivity index (χ0v) is 15.4. The summed E-state index contributed by atoms with van der Waals surface area (Å²) in [6, 6.07) is 8.84. The number of allylic oxidation sites excluding steroid dienone is 1. The molecule has 134 valence electrons. The molecule has 1 atom stereocenters. The van der Waals surface area contributed by atoms with Crippen LogP contribution in [0, 0.1) is 0 Å². The predicted molar refractivity (Wildman–Crippen MR) is 94.6 cm³/mol. The molecule has 0 aromatic heterocycles. The largest absolute Gasteiger partial charge is 0.508 e. The van der Waals surface area contributed by atoms with Gasteiger partial charge in [0.05, 0.1) is 6.16 Å². The number of para-hydroxylation sites is 1. The van der Waals surface area contributed by atoms with Crippen molar-refractivity contribution in [2.24, 2.45) is 0 Å². The molecule has 1 rings (SSSR count). The number of hydrogen-bond donors (Lipinski definition) is 1. The summed E-state index contributed by atoms with van der Waals surface area (Å²) in [4.78, 5) is 11.5. The lowest BCUT2D eigenvalue weighted by Crippen LogP contribution is -2.18. The van der Waals surface area contributed by atoms with Gasteiger partial charge >= 0.3 is 13.7 Å². The summed E-state index contributed by atoms with van der Waals surface area (Å²) in [5, 5.41) is 2.67. The second-order valence-corrected chi connectivity index (χ2v) is 7.68. The summed E-state index contributed by atoms with van der Waals surface area (Å²) in [5.74, 6) is 0.495. The first-order valence-corrected chi connectivity index (χ1v) is 9.78. The highest BCUT2D eigenvalue weighted by Crippen LogP contribution is 2.41. The second kappa shape index (κ2) is 10.9. The van der Waals surface area contributed by atoms with Crippen LogP contribution in [0.15, 0.2) is 42.0 Å². The first-order chi connectivity index (χ1) is 11.5. The Hall–Kier alpha value is -1.78. The molecule has 1 N–H and O–H groups in total. The zero-order valence-electron chi connectivity index (χ0n) is 14.5. The van der Waals surface area contributed by atoms with Gasteiger partial charge in [-0.2, -0.15) is 0 Å². The Bertz CT molecular complexity index is 574. The van der Waals surface area contributed by atoms with Gasteiger partial charge in [0.1, 0.15) is 19.0 Å². The van der Waals surface area contributed by atoms with Crippen molar-refractivity contribution in [1.29, 1.82) is 0 Å². The normalized spacial score (nSPS) is 13.9. The van der Waals surface area contributed by atoms with Crippen LogP contribution < -0.4 is 9.61 Å². The molecule has 0 fully saturated rings. The van der Waals surface area contributed by atoms with E-state index in [-0.39, 0.29) is 19.4 Å². The zero-order chi connectivity index (χ0) is 17.8. The molecule has 0 bridgehead atoms. The fourth-order valence-electron chi connectivity index (χ4n) is 1.77. The van der Waals surface area contributed by atoms with E-state index in [0.717, 1.165) is 18.4 Å². The standard InChI is InChI=1S/C17H26NO5P/c1-4-5-9-15(2)14-22-17(19)21-12-13-24(20,18-3)23-16-10-7-6-8-11-16/h6-11H,4-5,12-14H2,1-3H3,(H,18,20)/b15-9+. The summed E-state index contributed by atoms with van der Waals surface area (Å²) in [7, 11) is -1.58. The van der Waals surface area contributed by atoms with Crippen LogP contribution in [0.1, 0.15) is 26.7 Å². The van der Waals surface area contributed by atoms with Gasteiger partial charge in [0.25, 0.3) is 0 Å². The van der Waals surface area contributed by atoms with Crippen molar-refractivity contribution in [1.82, 2.24) is 5.09 Å². The third kappa shape index (κ3) is 8.18. The summed E-state index contributed by atoms with van der Waals surface area (Å²) in [6.45, 7) is 4.12. The maximum Gasteiger partial charge on any atom is 0.508 e. The average molecular weight is 355 g/mol. The Morgan fingerprint density at radius 3 is 2.58 bits per heavy atom. The highest BCUT2D eigenvalue weighted by molar-refractivity contribution is 7.57. The highest BCUT2D eigenvalue weighted by Gasteiger charge is 2.23. The molecule has 7 heteroatoms. The van der Waals surface area contributed by atoms with E-state index < -0.39 is 13.7 Å². The average Bonchev–Trinajstić information content (AvgIpc) is 2.59. The van der Waals surface area contributed by atoms with Gasteiger partial charge in [-0.25, -0.2) is 9.88 Å². The van der Waals surface area contributed by atoms with Gasteiger partial charge in [-0.3, -0.25) is 4.57 Å². The molecular formula is C17H26NO5P. The minimum Gasteiger partial charge on any atom is -0.434 e. The van der Waals surface area contributed by atoms with Gasteiger partial charge < -0.3 is 14.0 Å². The molecule has 0 aliphatic carbocycles. The van der Waals surface area contributed by atoms with Crippen LogP contribution in [0.3, 0.4) is 0 Å². The van der Waals surface area contributed by atoms with Gasteiger partial charge in [0.2, 0.25) is 0 Å². The van der Waals surface area contributed by atoms with Crippen LogP contribution in [0.5, 0.6) is 5.75 Å². The van der Waals surface area contributed by atoms with Crippen molar-refractivity contribution in [3.63, 3.8) is 0 Å². The number of unbranched alkanes of at least 4 members (excludes halogenated alkanes) is 1. The Balaban J connectivity index is 2.35. The Labute approximate surface area is 143 Å². The molecule has 1 aromatic carbocycles. The van der Waals surface area contributed by atoms with E-state index in [1.54, 1.807) is 31.3 Å². The van der Waals surface area contributed by atoms with Crippen LogP contribution in [-0.4, -0.2) is 32.6 Å². The Morgan fingerprint density at radius 1 is 1.25 bits per heavy atom. The van der Waals surface area contributed by atoms with Crippen LogP contribution in [-0.2, 0) is 14.0 Å².